The Kier molecular flexibility index (Phi) is 2.87. The first-order chi connectivity index (χ1) is 6.79. The van der Waals surface area contributed by atoms with Crippen LogP contribution in [0.25, 0.3) is 0 Å². The van der Waals surface area contributed by atoms with E-state index in [0.29, 0.717) is 6.04 Å². The second kappa shape index (κ2) is 4.13. The van der Waals surface area contributed by atoms with Gasteiger partial charge in [0, 0.05) is 18.3 Å². The number of thiophene rings is 1. The Morgan fingerprint density at radius 3 is 3.07 bits per heavy atom. The van der Waals surface area contributed by atoms with Crippen molar-refractivity contribution in [2.45, 2.75) is 32.2 Å². The maximum atomic E-state index is 11.4. The van der Waals surface area contributed by atoms with Crippen LogP contribution in [0.15, 0.2) is 17.5 Å². The molecule has 0 bridgehead atoms. The van der Waals surface area contributed by atoms with Crippen molar-refractivity contribution in [1.82, 2.24) is 4.90 Å². The van der Waals surface area contributed by atoms with Crippen molar-refractivity contribution in [3.05, 3.63) is 22.4 Å². The van der Waals surface area contributed by atoms with E-state index in [9.17, 15) is 4.79 Å². The topological polar surface area (TPSA) is 20.3 Å². The van der Waals surface area contributed by atoms with Crippen LogP contribution in [-0.2, 0) is 4.79 Å². The highest BCUT2D eigenvalue weighted by Crippen LogP contribution is 2.33. The van der Waals surface area contributed by atoms with Gasteiger partial charge in [-0.2, -0.15) is 0 Å². The molecule has 1 aliphatic rings. The molecule has 1 saturated heterocycles. The Balaban J connectivity index is 2.18. The van der Waals surface area contributed by atoms with Gasteiger partial charge < -0.3 is 4.90 Å². The van der Waals surface area contributed by atoms with E-state index < -0.39 is 0 Å². The average molecular weight is 209 g/mol. The van der Waals surface area contributed by atoms with Crippen LogP contribution in [0.4, 0.5) is 0 Å². The van der Waals surface area contributed by atoms with E-state index in [0.717, 1.165) is 19.4 Å². The summed E-state index contributed by atoms with van der Waals surface area (Å²) in [6.45, 7) is 2.60. The summed E-state index contributed by atoms with van der Waals surface area (Å²) >= 11 is 1.76. The van der Waals surface area contributed by atoms with Crippen molar-refractivity contribution in [3.8, 4) is 0 Å². The second-order valence-corrected chi connectivity index (χ2v) is 4.72. The second-order valence-electron chi connectivity index (χ2n) is 3.74. The molecule has 1 atom stereocenters. The minimum Gasteiger partial charge on any atom is -0.335 e. The fraction of sp³-hybridized carbons (Fsp3) is 0.545. The van der Waals surface area contributed by atoms with E-state index in [2.05, 4.69) is 17.5 Å². The zero-order chi connectivity index (χ0) is 9.97. The fourth-order valence-electron chi connectivity index (χ4n) is 2.09. The summed E-state index contributed by atoms with van der Waals surface area (Å²) in [5, 5.41) is 2.09. The van der Waals surface area contributed by atoms with Crippen molar-refractivity contribution in [3.63, 3.8) is 0 Å². The van der Waals surface area contributed by atoms with Gasteiger partial charge in [-0.15, -0.1) is 11.3 Å². The van der Waals surface area contributed by atoms with Crippen LogP contribution in [0.2, 0.25) is 0 Å². The maximum absolute atomic E-state index is 11.4. The Morgan fingerprint density at radius 1 is 1.57 bits per heavy atom. The van der Waals surface area contributed by atoms with Crippen molar-refractivity contribution >= 4 is 17.2 Å². The number of nitrogens with zero attached hydrogens (tertiary/aromatic N) is 1. The summed E-state index contributed by atoms with van der Waals surface area (Å²) in [5.74, 6) is 0.211. The molecule has 0 saturated carbocycles. The minimum absolute atomic E-state index is 0.211. The molecular formula is C11H15NOS. The molecule has 0 spiro atoms. The average Bonchev–Trinajstić information content (AvgIpc) is 2.70. The molecule has 0 aliphatic carbocycles. The summed E-state index contributed by atoms with van der Waals surface area (Å²) in [4.78, 5) is 14.8. The van der Waals surface area contributed by atoms with Crippen LogP contribution in [0.1, 0.15) is 37.1 Å². The first-order valence-electron chi connectivity index (χ1n) is 5.09. The van der Waals surface area contributed by atoms with Gasteiger partial charge in [-0.25, -0.2) is 0 Å². The molecule has 2 heterocycles. The smallest absolute Gasteiger partial charge is 0.219 e. The Hall–Kier alpha value is -0.830. The van der Waals surface area contributed by atoms with E-state index in [1.54, 1.807) is 18.3 Å². The van der Waals surface area contributed by atoms with Crippen molar-refractivity contribution in [1.29, 1.82) is 0 Å². The fourth-order valence-corrected chi connectivity index (χ4v) is 2.96. The van der Waals surface area contributed by atoms with Gasteiger partial charge in [0.2, 0.25) is 5.91 Å². The third-order valence-corrected chi connectivity index (χ3v) is 3.75. The van der Waals surface area contributed by atoms with Crippen LogP contribution in [-0.4, -0.2) is 17.4 Å². The zero-order valence-electron chi connectivity index (χ0n) is 8.40. The van der Waals surface area contributed by atoms with Crippen molar-refractivity contribution < 1.29 is 4.79 Å². The lowest BCUT2D eigenvalue weighted by molar-refractivity contribution is -0.132. The molecule has 1 aromatic heterocycles. The number of piperidine rings is 1. The molecule has 2 nitrogen and oxygen atoms in total. The Bertz CT molecular complexity index is 307. The molecule has 1 aromatic rings. The lowest BCUT2D eigenvalue weighted by atomic mass is 10.0. The third kappa shape index (κ3) is 1.82. The summed E-state index contributed by atoms with van der Waals surface area (Å²) in [7, 11) is 0. The van der Waals surface area contributed by atoms with Gasteiger partial charge >= 0.3 is 0 Å². The predicted molar refractivity (Wildman–Crippen MR) is 58.3 cm³/mol. The highest BCUT2D eigenvalue weighted by atomic mass is 32.1. The highest BCUT2D eigenvalue weighted by molar-refractivity contribution is 7.10. The van der Waals surface area contributed by atoms with Gasteiger partial charge in [0.1, 0.15) is 0 Å². The number of carbonyl (C=O) groups excluding carboxylic acids is 1. The summed E-state index contributed by atoms with van der Waals surface area (Å²) in [6, 6.07) is 4.55. The number of carbonyl (C=O) groups is 1. The van der Waals surface area contributed by atoms with Crippen LogP contribution in [0, 0.1) is 0 Å². The molecule has 3 heteroatoms. The molecule has 0 N–H and O–H groups in total. The number of likely N-dealkylation sites (tertiary alicyclic amines) is 1. The zero-order valence-corrected chi connectivity index (χ0v) is 9.22. The van der Waals surface area contributed by atoms with Gasteiger partial charge in [-0.3, -0.25) is 4.79 Å². The van der Waals surface area contributed by atoms with E-state index >= 15 is 0 Å². The summed E-state index contributed by atoms with van der Waals surface area (Å²) < 4.78 is 0. The van der Waals surface area contributed by atoms with Crippen LogP contribution < -0.4 is 0 Å². The van der Waals surface area contributed by atoms with E-state index in [-0.39, 0.29) is 5.91 Å². The van der Waals surface area contributed by atoms with Gasteiger partial charge in [0.25, 0.3) is 0 Å². The summed E-state index contributed by atoms with van der Waals surface area (Å²) in [5.41, 5.74) is 0. The molecule has 76 valence electrons. The minimum atomic E-state index is 0.211. The molecule has 2 rings (SSSR count). The number of rotatable bonds is 1. The monoisotopic (exact) mass is 209 g/mol. The Labute approximate surface area is 88.5 Å². The van der Waals surface area contributed by atoms with Gasteiger partial charge in [0.15, 0.2) is 0 Å². The first kappa shape index (κ1) is 9.71. The molecule has 1 aliphatic heterocycles. The normalized spacial score (nSPS) is 22.4. The predicted octanol–water partition coefficient (Wildman–Crippen LogP) is 2.82. The maximum Gasteiger partial charge on any atom is 0.219 e. The number of hydrogen-bond donors (Lipinski definition) is 0. The van der Waals surface area contributed by atoms with Gasteiger partial charge in [0.05, 0.1) is 6.04 Å². The quantitative estimate of drug-likeness (QED) is 0.696. The lowest BCUT2D eigenvalue weighted by Crippen LogP contribution is -2.36. The van der Waals surface area contributed by atoms with Crippen LogP contribution in [0.3, 0.4) is 0 Å². The largest absolute Gasteiger partial charge is 0.335 e. The molecule has 0 aromatic carbocycles. The van der Waals surface area contributed by atoms with Crippen LogP contribution in [0.5, 0.6) is 0 Å². The SMILES string of the molecule is CC(=O)N1CCCCC1c1cccs1. The third-order valence-electron chi connectivity index (χ3n) is 2.78. The molecule has 14 heavy (non-hydrogen) atoms. The highest BCUT2D eigenvalue weighted by Gasteiger charge is 2.26. The standard InChI is InChI=1S/C11H15NOS/c1-9(13)12-7-3-2-5-10(12)11-6-4-8-14-11/h4,6,8,10H,2-3,5,7H2,1H3. The first-order valence-corrected chi connectivity index (χ1v) is 5.97. The number of amides is 1. The number of hydrogen-bond acceptors (Lipinski definition) is 2. The van der Waals surface area contributed by atoms with Crippen molar-refractivity contribution in [2.24, 2.45) is 0 Å². The summed E-state index contributed by atoms with van der Waals surface area (Å²) in [6.07, 6.45) is 3.52. The van der Waals surface area contributed by atoms with Gasteiger partial charge in [-0.05, 0) is 30.7 Å². The van der Waals surface area contributed by atoms with E-state index in [4.69, 9.17) is 0 Å². The van der Waals surface area contributed by atoms with Crippen LogP contribution >= 0.6 is 11.3 Å². The molecule has 1 fully saturated rings. The van der Waals surface area contributed by atoms with E-state index in [1.807, 2.05) is 4.90 Å². The lowest BCUT2D eigenvalue weighted by Gasteiger charge is -2.34. The van der Waals surface area contributed by atoms with Gasteiger partial charge in [-0.1, -0.05) is 6.07 Å². The molecular weight excluding hydrogens is 194 g/mol. The molecule has 1 amide bonds. The van der Waals surface area contributed by atoms with E-state index in [1.165, 1.54) is 11.3 Å². The van der Waals surface area contributed by atoms with Crippen molar-refractivity contribution in [2.75, 3.05) is 6.54 Å². The Morgan fingerprint density at radius 2 is 2.43 bits per heavy atom. The molecule has 0 radical (unpaired) electrons. The molecule has 1 unspecified atom stereocenters.